The zero-order valence-corrected chi connectivity index (χ0v) is 11.0. The van der Waals surface area contributed by atoms with Gasteiger partial charge in [0, 0.05) is 12.8 Å². The van der Waals surface area contributed by atoms with Gasteiger partial charge in [-0.1, -0.05) is 40.5 Å². The minimum Gasteiger partial charge on any atom is -0.295 e. The molecule has 0 spiro atoms. The molecule has 2 nitrogen and oxygen atoms in total. The van der Waals surface area contributed by atoms with Gasteiger partial charge in [0.05, 0.1) is 0 Å². The monoisotopic (exact) mass is 224 g/mol. The van der Waals surface area contributed by atoms with E-state index in [4.69, 9.17) is 0 Å². The van der Waals surface area contributed by atoms with Crippen molar-refractivity contribution in [2.75, 3.05) is 0 Å². The van der Waals surface area contributed by atoms with Gasteiger partial charge in [0.1, 0.15) is 0 Å². The maximum atomic E-state index is 11.6. The number of allylic oxidation sites excluding steroid dienone is 2. The van der Waals surface area contributed by atoms with Crippen molar-refractivity contribution in [2.24, 2.45) is 5.41 Å². The highest BCUT2D eigenvalue weighted by molar-refractivity contribution is 5.98. The Kier molecular flexibility index (Phi) is 6.95. The van der Waals surface area contributed by atoms with Crippen LogP contribution in [-0.4, -0.2) is 11.6 Å². The Morgan fingerprint density at radius 2 is 1.62 bits per heavy atom. The second-order valence-electron chi connectivity index (χ2n) is 5.06. The zero-order chi connectivity index (χ0) is 12.6. The first-order valence-electron chi connectivity index (χ1n) is 6.15. The van der Waals surface area contributed by atoms with Crippen molar-refractivity contribution >= 4 is 11.6 Å². The molecular formula is C14H24O2. The van der Waals surface area contributed by atoms with Crippen LogP contribution in [0.1, 0.15) is 59.8 Å². The van der Waals surface area contributed by atoms with Crippen LogP contribution in [0.15, 0.2) is 12.2 Å². The summed E-state index contributed by atoms with van der Waals surface area (Å²) < 4.78 is 0. The minimum atomic E-state index is 0.0136. The van der Waals surface area contributed by atoms with Crippen LogP contribution in [0.2, 0.25) is 0 Å². The van der Waals surface area contributed by atoms with Gasteiger partial charge in [0.15, 0.2) is 11.6 Å². The Hall–Kier alpha value is -0.920. The molecule has 0 atom stereocenters. The van der Waals surface area contributed by atoms with Crippen molar-refractivity contribution < 1.29 is 9.59 Å². The first-order chi connectivity index (χ1) is 7.41. The van der Waals surface area contributed by atoms with Crippen LogP contribution >= 0.6 is 0 Å². The van der Waals surface area contributed by atoms with Gasteiger partial charge in [0.25, 0.3) is 0 Å². The van der Waals surface area contributed by atoms with Crippen LogP contribution in [0.4, 0.5) is 0 Å². The lowest BCUT2D eigenvalue weighted by Crippen LogP contribution is -2.16. The molecule has 0 N–H and O–H groups in total. The molecule has 0 aliphatic heterocycles. The third kappa shape index (κ3) is 7.38. The highest BCUT2D eigenvalue weighted by Crippen LogP contribution is 2.27. The van der Waals surface area contributed by atoms with Gasteiger partial charge in [-0.15, -0.1) is 0 Å². The van der Waals surface area contributed by atoms with Crippen LogP contribution < -0.4 is 0 Å². The molecule has 0 aromatic rings. The van der Waals surface area contributed by atoms with E-state index in [-0.39, 0.29) is 17.0 Å². The summed E-state index contributed by atoms with van der Waals surface area (Å²) in [4.78, 5) is 22.6. The van der Waals surface area contributed by atoms with Crippen LogP contribution in [0, 0.1) is 5.41 Å². The lowest BCUT2D eigenvalue weighted by Gasteiger charge is -2.22. The third-order valence-corrected chi connectivity index (χ3v) is 2.66. The van der Waals surface area contributed by atoms with E-state index in [1.54, 1.807) is 6.92 Å². The van der Waals surface area contributed by atoms with Crippen molar-refractivity contribution in [1.29, 1.82) is 0 Å². The lowest BCUT2D eigenvalue weighted by atomic mass is 9.82. The molecule has 0 aromatic heterocycles. The molecule has 0 aliphatic rings. The van der Waals surface area contributed by atoms with E-state index in [2.05, 4.69) is 20.8 Å². The molecule has 92 valence electrons. The Labute approximate surface area is 99.1 Å². The number of hydrogen-bond acceptors (Lipinski definition) is 2. The Bertz CT molecular complexity index is 262. The van der Waals surface area contributed by atoms with E-state index in [0.717, 1.165) is 19.3 Å². The highest BCUT2D eigenvalue weighted by atomic mass is 16.1. The summed E-state index contributed by atoms with van der Waals surface area (Å²) in [6.45, 7) is 8.16. The fraction of sp³-hybridized carbons (Fsp3) is 0.714. The molecule has 0 amide bonds. The Balaban J connectivity index is 4.12. The normalized spacial score (nSPS) is 12.0. The molecule has 0 rings (SSSR count). The van der Waals surface area contributed by atoms with E-state index in [0.29, 0.717) is 12.8 Å². The van der Waals surface area contributed by atoms with Crippen molar-refractivity contribution in [3.8, 4) is 0 Å². The summed E-state index contributed by atoms with van der Waals surface area (Å²) in [7, 11) is 0. The van der Waals surface area contributed by atoms with E-state index >= 15 is 0 Å². The Morgan fingerprint density at radius 1 is 1.06 bits per heavy atom. The third-order valence-electron chi connectivity index (χ3n) is 2.66. The van der Waals surface area contributed by atoms with Gasteiger partial charge in [-0.2, -0.15) is 0 Å². The molecule has 0 aromatic carbocycles. The van der Waals surface area contributed by atoms with E-state index in [9.17, 15) is 9.59 Å². The number of ketones is 2. The smallest absolute Gasteiger partial charge is 0.156 e. The molecule has 0 radical (unpaired) electrons. The molecule has 0 aliphatic carbocycles. The van der Waals surface area contributed by atoms with Gasteiger partial charge >= 0.3 is 0 Å². The quantitative estimate of drug-likeness (QED) is 0.589. The molecule has 2 heteroatoms. The summed E-state index contributed by atoms with van der Waals surface area (Å²) in [6.07, 6.45) is 7.19. The maximum Gasteiger partial charge on any atom is 0.156 e. The first-order valence-corrected chi connectivity index (χ1v) is 6.15. The molecule has 0 saturated carbocycles. The summed E-state index contributed by atoms with van der Waals surface area (Å²) in [5, 5.41) is 0. The number of unbranched alkanes of at least 4 members (excludes halogenated alkanes) is 1. The number of rotatable bonds is 8. The van der Waals surface area contributed by atoms with Crippen molar-refractivity contribution in [3.63, 3.8) is 0 Å². The molecule has 0 heterocycles. The molecule has 0 fully saturated rings. The summed E-state index contributed by atoms with van der Waals surface area (Å²) in [5.41, 5.74) is 0.0483. The topological polar surface area (TPSA) is 34.1 Å². The predicted octanol–water partition coefficient (Wildman–Crippen LogP) is 3.70. The molecular weight excluding hydrogens is 200 g/mol. The predicted molar refractivity (Wildman–Crippen MR) is 67.4 cm³/mol. The second kappa shape index (κ2) is 7.37. The van der Waals surface area contributed by atoms with Crippen molar-refractivity contribution in [3.05, 3.63) is 12.2 Å². The number of carbonyl (C=O) groups excluding carboxylic acids is 2. The van der Waals surface area contributed by atoms with Crippen LogP contribution in [0.5, 0.6) is 0 Å². The Morgan fingerprint density at radius 3 is 2.12 bits per heavy atom. The van der Waals surface area contributed by atoms with E-state index in [1.807, 2.05) is 0 Å². The first kappa shape index (κ1) is 15.1. The highest BCUT2D eigenvalue weighted by Gasteiger charge is 2.19. The number of carbonyl (C=O) groups is 2. The van der Waals surface area contributed by atoms with Crippen LogP contribution in [-0.2, 0) is 9.59 Å². The van der Waals surface area contributed by atoms with Crippen LogP contribution in [0.3, 0.4) is 0 Å². The van der Waals surface area contributed by atoms with E-state index < -0.39 is 0 Å². The maximum absolute atomic E-state index is 11.6. The molecule has 16 heavy (non-hydrogen) atoms. The van der Waals surface area contributed by atoms with E-state index in [1.165, 1.54) is 12.2 Å². The zero-order valence-electron chi connectivity index (χ0n) is 11.0. The molecule has 0 bridgehead atoms. The average Bonchev–Trinajstić information content (AvgIpc) is 2.22. The van der Waals surface area contributed by atoms with Gasteiger partial charge in [-0.25, -0.2) is 0 Å². The largest absolute Gasteiger partial charge is 0.295 e. The summed E-state index contributed by atoms with van der Waals surface area (Å²) in [6, 6.07) is 0. The average molecular weight is 224 g/mol. The van der Waals surface area contributed by atoms with Crippen LogP contribution in [0.25, 0.3) is 0 Å². The summed E-state index contributed by atoms with van der Waals surface area (Å²) in [5.74, 6) is 0.0719. The van der Waals surface area contributed by atoms with Gasteiger partial charge in [0.2, 0.25) is 0 Å². The summed E-state index contributed by atoms with van der Waals surface area (Å²) >= 11 is 0. The van der Waals surface area contributed by atoms with Crippen molar-refractivity contribution in [2.45, 2.75) is 59.8 Å². The van der Waals surface area contributed by atoms with Gasteiger partial charge in [-0.05, 0) is 24.0 Å². The standard InChI is InChI=1S/C14H24O2/c1-5-7-10-14(3,4)11-13(16)9-8-12(15)6-2/h8-9H,5-7,10-11H2,1-4H3. The fourth-order valence-corrected chi connectivity index (χ4v) is 1.58. The molecule has 0 unspecified atom stereocenters. The fourth-order valence-electron chi connectivity index (χ4n) is 1.58. The lowest BCUT2D eigenvalue weighted by molar-refractivity contribution is -0.117. The second-order valence-corrected chi connectivity index (χ2v) is 5.06. The van der Waals surface area contributed by atoms with Gasteiger partial charge < -0.3 is 0 Å². The minimum absolute atomic E-state index is 0.0136. The SMILES string of the molecule is CCCCC(C)(C)CC(=O)C=CC(=O)CC. The van der Waals surface area contributed by atoms with Crippen molar-refractivity contribution in [1.82, 2.24) is 0 Å². The van der Waals surface area contributed by atoms with Gasteiger partial charge in [-0.3, -0.25) is 9.59 Å². The molecule has 0 saturated heterocycles. The number of hydrogen-bond donors (Lipinski definition) is 0.